The van der Waals surface area contributed by atoms with Crippen molar-refractivity contribution < 1.29 is 14.3 Å². The van der Waals surface area contributed by atoms with Crippen LogP contribution in [0.25, 0.3) is 0 Å². The third-order valence-corrected chi connectivity index (χ3v) is 2.29. The van der Waals surface area contributed by atoms with Gasteiger partial charge in [-0.1, -0.05) is 6.92 Å². The number of esters is 1. The lowest BCUT2D eigenvalue weighted by atomic mass is 10.2. The highest BCUT2D eigenvalue weighted by molar-refractivity contribution is 5.88. The van der Waals surface area contributed by atoms with Crippen LogP contribution in [0.3, 0.4) is 0 Å². The quantitative estimate of drug-likeness (QED) is 0.685. The first-order chi connectivity index (χ1) is 7.74. The topological polar surface area (TPSA) is 53.3 Å². The number of hydrogen-bond donors (Lipinski definition) is 0. The minimum atomic E-state index is -0.351. The Morgan fingerprint density at radius 1 is 1.50 bits per heavy atom. The van der Waals surface area contributed by atoms with Crippen molar-refractivity contribution in [3.8, 4) is 0 Å². The lowest BCUT2D eigenvalue weighted by molar-refractivity contribution is 0.0518. The third-order valence-electron chi connectivity index (χ3n) is 2.29. The van der Waals surface area contributed by atoms with Crippen LogP contribution in [-0.2, 0) is 22.4 Å². The molecule has 0 bridgehead atoms. The summed E-state index contributed by atoms with van der Waals surface area (Å²) in [4.78, 5) is 15.7. The van der Waals surface area contributed by atoms with Gasteiger partial charge in [0.15, 0.2) is 5.69 Å². The van der Waals surface area contributed by atoms with Crippen molar-refractivity contribution in [3.63, 3.8) is 0 Å². The molecule has 0 aromatic carbocycles. The number of carbonyl (C=O) groups excluding carboxylic acids is 1. The van der Waals surface area contributed by atoms with Gasteiger partial charge in [-0.3, -0.25) is 0 Å². The van der Waals surface area contributed by atoms with Crippen LogP contribution in [0, 0.1) is 0 Å². The number of rotatable bonds is 6. The fourth-order valence-corrected chi connectivity index (χ4v) is 1.53. The molecule has 0 aliphatic rings. The zero-order chi connectivity index (χ0) is 12.0. The Morgan fingerprint density at radius 2 is 2.25 bits per heavy atom. The molecule has 0 unspecified atom stereocenters. The number of ether oxygens (including phenoxy) is 2. The molecule has 0 spiro atoms. The standard InChI is InChI=1S/C11H18N2O3/c1-4-9-10(11(14)16-5-2)12-8-13(9)6-7-15-3/h8H,4-7H2,1-3H3. The predicted octanol–water partition coefficient (Wildman–Crippen LogP) is 1.27. The molecule has 1 aromatic heterocycles. The maximum absolute atomic E-state index is 11.6. The molecule has 5 nitrogen and oxygen atoms in total. The molecule has 0 amide bonds. The lowest BCUT2D eigenvalue weighted by Crippen LogP contribution is -2.11. The van der Waals surface area contributed by atoms with E-state index in [1.165, 1.54) is 0 Å². The number of carbonyl (C=O) groups is 1. The van der Waals surface area contributed by atoms with Crippen LogP contribution in [0.15, 0.2) is 6.33 Å². The van der Waals surface area contributed by atoms with Gasteiger partial charge in [-0.05, 0) is 13.3 Å². The van der Waals surface area contributed by atoms with Crippen molar-refractivity contribution in [2.45, 2.75) is 26.8 Å². The van der Waals surface area contributed by atoms with E-state index in [0.29, 0.717) is 25.5 Å². The average Bonchev–Trinajstić information content (AvgIpc) is 2.69. The summed E-state index contributed by atoms with van der Waals surface area (Å²) in [7, 11) is 1.65. The van der Waals surface area contributed by atoms with Crippen LogP contribution in [-0.4, -0.2) is 35.8 Å². The van der Waals surface area contributed by atoms with E-state index >= 15 is 0 Å². The molecule has 1 heterocycles. The first-order valence-corrected chi connectivity index (χ1v) is 5.44. The van der Waals surface area contributed by atoms with Gasteiger partial charge in [0, 0.05) is 13.7 Å². The van der Waals surface area contributed by atoms with Gasteiger partial charge >= 0.3 is 5.97 Å². The van der Waals surface area contributed by atoms with E-state index in [1.807, 2.05) is 11.5 Å². The largest absolute Gasteiger partial charge is 0.461 e. The Kier molecular flexibility index (Phi) is 4.98. The molecule has 5 heteroatoms. The number of methoxy groups -OCH3 is 1. The van der Waals surface area contributed by atoms with Gasteiger partial charge < -0.3 is 14.0 Å². The van der Waals surface area contributed by atoms with Crippen LogP contribution in [0.5, 0.6) is 0 Å². The Bertz CT molecular complexity index is 347. The van der Waals surface area contributed by atoms with Crippen molar-refractivity contribution in [3.05, 3.63) is 17.7 Å². The second kappa shape index (κ2) is 6.27. The summed E-state index contributed by atoms with van der Waals surface area (Å²) in [5, 5.41) is 0. The molecule has 0 saturated heterocycles. The molecule has 1 aromatic rings. The van der Waals surface area contributed by atoms with Gasteiger partial charge in [0.1, 0.15) is 0 Å². The Labute approximate surface area is 95.4 Å². The monoisotopic (exact) mass is 226 g/mol. The van der Waals surface area contributed by atoms with E-state index in [-0.39, 0.29) is 5.97 Å². The molecule has 1 rings (SSSR count). The highest BCUT2D eigenvalue weighted by Gasteiger charge is 2.17. The highest BCUT2D eigenvalue weighted by Crippen LogP contribution is 2.10. The summed E-state index contributed by atoms with van der Waals surface area (Å²) < 4.78 is 11.9. The molecular formula is C11H18N2O3. The van der Waals surface area contributed by atoms with Crippen molar-refractivity contribution in [1.29, 1.82) is 0 Å². The molecule has 0 aliphatic carbocycles. The predicted molar refractivity (Wildman–Crippen MR) is 59.4 cm³/mol. The fourth-order valence-electron chi connectivity index (χ4n) is 1.53. The molecule has 16 heavy (non-hydrogen) atoms. The summed E-state index contributed by atoms with van der Waals surface area (Å²) in [5.74, 6) is -0.351. The van der Waals surface area contributed by atoms with Crippen LogP contribution in [0.4, 0.5) is 0 Å². The van der Waals surface area contributed by atoms with E-state index < -0.39 is 0 Å². The number of aromatic nitrogens is 2. The second-order valence-electron chi connectivity index (χ2n) is 3.30. The Hall–Kier alpha value is -1.36. The minimum Gasteiger partial charge on any atom is -0.461 e. The number of nitrogens with zero attached hydrogens (tertiary/aromatic N) is 2. The van der Waals surface area contributed by atoms with E-state index in [0.717, 1.165) is 12.1 Å². The van der Waals surface area contributed by atoms with Gasteiger partial charge in [0.05, 0.1) is 25.2 Å². The third kappa shape index (κ3) is 2.82. The molecule has 0 saturated carbocycles. The highest BCUT2D eigenvalue weighted by atomic mass is 16.5. The summed E-state index contributed by atoms with van der Waals surface area (Å²) in [6.45, 7) is 5.44. The van der Waals surface area contributed by atoms with Gasteiger partial charge in [0.25, 0.3) is 0 Å². The maximum atomic E-state index is 11.6. The first-order valence-electron chi connectivity index (χ1n) is 5.44. The average molecular weight is 226 g/mol. The van der Waals surface area contributed by atoms with E-state index in [9.17, 15) is 4.79 Å². The molecule has 0 radical (unpaired) electrons. The first kappa shape index (κ1) is 12.7. The van der Waals surface area contributed by atoms with Crippen molar-refractivity contribution >= 4 is 5.97 Å². The van der Waals surface area contributed by atoms with Crippen LogP contribution in [0.1, 0.15) is 30.0 Å². The minimum absolute atomic E-state index is 0.351. The maximum Gasteiger partial charge on any atom is 0.358 e. The van der Waals surface area contributed by atoms with Crippen molar-refractivity contribution in [2.75, 3.05) is 20.3 Å². The second-order valence-corrected chi connectivity index (χ2v) is 3.30. The smallest absolute Gasteiger partial charge is 0.358 e. The van der Waals surface area contributed by atoms with Gasteiger partial charge in [0.2, 0.25) is 0 Å². The zero-order valence-corrected chi connectivity index (χ0v) is 10.0. The summed E-state index contributed by atoms with van der Waals surface area (Å²) >= 11 is 0. The van der Waals surface area contributed by atoms with Gasteiger partial charge in [-0.15, -0.1) is 0 Å². The van der Waals surface area contributed by atoms with E-state index in [4.69, 9.17) is 9.47 Å². The summed E-state index contributed by atoms with van der Waals surface area (Å²) in [6, 6.07) is 0. The normalized spacial score (nSPS) is 10.4. The van der Waals surface area contributed by atoms with Crippen molar-refractivity contribution in [2.24, 2.45) is 0 Å². The molecule has 0 aliphatic heterocycles. The summed E-state index contributed by atoms with van der Waals surface area (Å²) in [5.41, 5.74) is 1.32. The SMILES string of the molecule is CCOC(=O)c1ncn(CCOC)c1CC. The van der Waals surface area contributed by atoms with Crippen LogP contribution < -0.4 is 0 Å². The number of hydrogen-bond acceptors (Lipinski definition) is 4. The number of imidazole rings is 1. The molecule has 0 fully saturated rings. The summed E-state index contributed by atoms with van der Waals surface area (Å²) in [6.07, 6.45) is 2.40. The van der Waals surface area contributed by atoms with E-state index in [1.54, 1.807) is 20.4 Å². The van der Waals surface area contributed by atoms with Gasteiger partial charge in [-0.2, -0.15) is 0 Å². The fraction of sp³-hybridized carbons (Fsp3) is 0.636. The van der Waals surface area contributed by atoms with Crippen molar-refractivity contribution in [1.82, 2.24) is 9.55 Å². The molecule has 0 N–H and O–H groups in total. The molecule has 90 valence electrons. The molecule has 0 atom stereocenters. The van der Waals surface area contributed by atoms with Crippen LogP contribution >= 0.6 is 0 Å². The Morgan fingerprint density at radius 3 is 2.81 bits per heavy atom. The lowest BCUT2D eigenvalue weighted by Gasteiger charge is -2.07. The molecular weight excluding hydrogens is 208 g/mol. The Balaban J connectivity index is 2.85. The van der Waals surface area contributed by atoms with Crippen LogP contribution in [0.2, 0.25) is 0 Å². The van der Waals surface area contributed by atoms with E-state index in [2.05, 4.69) is 4.98 Å². The zero-order valence-electron chi connectivity index (χ0n) is 10.0. The van der Waals surface area contributed by atoms with Gasteiger partial charge in [-0.25, -0.2) is 9.78 Å².